The first-order valence-corrected chi connectivity index (χ1v) is 14.8. The molecule has 5 fully saturated rings. The molecule has 1 unspecified atom stereocenters. The predicted octanol–water partition coefficient (Wildman–Crippen LogP) is 4.88. The number of ether oxygens (including phenoxy) is 2. The Labute approximate surface area is 239 Å². The highest BCUT2D eigenvalue weighted by Gasteiger charge is 2.55. The van der Waals surface area contributed by atoms with Gasteiger partial charge < -0.3 is 19.5 Å². The van der Waals surface area contributed by atoms with E-state index in [1.54, 1.807) is 17.0 Å². The van der Waals surface area contributed by atoms with Crippen molar-refractivity contribution in [3.05, 3.63) is 34.3 Å². The minimum atomic E-state index is -0.938. The molecule has 40 heavy (non-hydrogen) atoms. The van der Waals surface area contributed by atoms with Gasteiger partial charge in [-0.1, -0.05) is 0 Å². The van der Waals surface area contributed by atoms with Crippen LogP contribution < -0.4 is 9.64 Å². The average molecular weight is 620 g/mol. The molecule has 1 aromatic carbocycles. The summed E-state index contributed by atoms with van der Waals surface area (Å²) in [4.78, 5) is 27.5. The number of hydrogen-bond donors (Lipinski definition) is 1. The molecule has 12 heteroatoms. The van der Waals surface area contributed by atoms with Gasteiger partial charge in [0.2, 0.25) is 0 Å². The quantitative estimate of drug-likeness (QED) is 0.469. The number of halogens is 3. The highest BCUT2D eigenvalue weighted by molar-refractivity contribution is 9.10. The van der Waals surface area contributed by atoms with E-state index >= 15 is 4.39 Å². The molecule has 5 heterocycles. The molecule has 7 rings (SSSR count). The van der Waals surface area contributed by atoms with Crippen LogP contribution in [-0.4, -0.2) is 93.6 Å². The molecule has 0 radical (unpaired) electrons. The molecule has 1 saturated carbocycles. The molecular weight excluding hydrogens is 588 g/mol. The highest BCUT2D eigenvalue weighted by atomic mass is 79.9. The standard InChI is InChI=1S/C28H32BrF2N5O4/c29-21-5-4-20-23(22(21)31)32-25(40-15-27-7-1-9-35(27)12-17(10-27)11-30)33-24(20)34-13-18-6-8-28(14-34,36(18)26(37)38)16-39-19-2-3-19/h4-5,11,18-19H,1-3,6-10,12-16H2,(H,37,38)/b17-11-/t18-,27?,28+/m0/s1. The molecule has 5 aliphatic rings. The maximum atomic E-state index is 15.4. The molecule has 4 saturated heterocycles. The Kier molecular flexibility index (Phi) is 6.43. The first kappa shape index (κ1) is 26.3. The van der Waals surface area contributed by atoms with Crippen LogP contribution in [0.5, 0.6) is 6.01 Å². The summed E-state index contributed by atoms with van der Waals surface area (Å²) in [5.41, 5.74) is -0.125. The summed E-state index contributed by atoms with van der Waals surface area (Å²) in [5, 5.41) is 10.6. The number of amides is 1. The molecule has 1 aromatic heterocycles. The van der Waals surface area contributed by atoms with Gasteiger partial charge in [-0.15, -0.1) is 0 Å². The van der Waals surface area contributed by atoms with Crippen molar-refractivity contribution >= 4 is 38.7 Å². The summed E-state index contributed by atoms with van der Waals surface area (Å²) in [6, 6.07) is 3.26. The van der Waals surface area contributed by atoms with Gasteiger partial charge in [-0.3, -0.25) is 9.80 Å². The lowest BCUT2D eigenvalue weighted by Gasteiger charge is -2.48. The minimum Gasteiger partial charge on any atom is -0.465 e. The van der Waals surface area contributed by atoms with Crippen LogP contribution in [0.2, 0.25) is 0 Å². The smallest absolute Gasteiger partial charge is 0.408 e. The van der Waals surface area contributed by atoms with Gasteiger partial charge in [0.05, 0.1) is 40.6 Å². The number of benzene rings is 1. The first-order valence-electron chi connectivity index (χ1n) is 14.0. The van der Waals surface area contributed by atoms with E-state index < -0.39 is 17.4 Å². The predicted molar refractivity (Wildman–Crippen MR) is 147 cm³/mol. The van der Waals surface area contributed by atoms with E-state index in [0.717, 1.165) is 44.2 Å². The number of nitrogens with zero attached hydrogens (tertiary/aromatic N) is 5. The fourth-order valence-electron chi connectivity index (χ4n) is 7.35. The van der Waals surface area contributed by atoms with Gasteiger partial charge >= 0.3 is 12.1 Å². The number of hydrogen-bond acceptors (Lipinski definition) is 7. The van der Waals surface area contributed by atoms with Gasteiger partial charge in [0.1, 0.15) is 17.9 Å². The maximum absolute atomic E-state index is 15.4. The summed E-state index contributed by atoms with van der Waals surface area (Å²) in [5.74, 6) is 0.0183. The van der Waals surface area contributed by atoms with Crippen molar-refractivity contribution in [2.24, 2.45) is 0 Å². The van der Waals surface area contributed by atoms with Gasteiger partial charge in [0.15, 0.2) is 5.82 Å². The van der Waals surface area contributed by atoms with Crippen LogP contribution in [0, 0.1) is 5.82 Å². The summed E-state index contributed by atoms with van der Waals surface area (Å²) in [7, 11) is 0. The van der Waals surface area contributed by atoms with E-state index in [9.17, 15) is 14.3 Å². The Morgan fingerprint density at radius 1 is 1.20 bits per heavy atom. The number of anilines is 1. The molecule has 0 spiro atoms. The van der Waals surface area contributed by atoms with Crippen molar-refractivity contribution in [3.63, 3.8) is 0 Å². The van der Waals surface area contributed by atoms with Gasteiger partial charge in [0, 0.05) is 25.0 Å². The molecule has 2 aromatic rings. The number of rotatable bonds is 7. The molecular formula is C28H32BrF2N5O4. The van der Waals surface area contributed by atoms with Crippen LogP contribution >= 0.6 is 15.9 Å². The Morgan fingerprint density at radius 2 is 2.05 bits per heavy atom. The molecule has 2 bridgehead atoms. The van der Waals surface area contributed by atoms with Crippen molar-refractivity contribution in [3.8, 4) is 6.01 Å². The van der Waals surface area contributed by atoms with Crippen molar-refractivity contribution in [2.45, 2.75) is 68.2 Å². The zero-order valence-electron chi connectivity index (χ0n) is 22.1. The van der Waals surface area contributed by atoms with Crippen LogP contribution in [-0.2, 0) is 4.74 Å². The molecule has 1 N–H and O–H groups in total. The Bertz CT molecular complexity index is 1390. The first-order chi connectivity index (χ1) is 19.3. The van der Waals surface area contributed by atoms with Crippen LogP contribution in [0.25, 0.3) is 10.9 Å². The van der Waals surface area contributed by atoms with Gasteiger partial charge in [0.25, 0.3) is 0 Å². The van der Waals surface area contributed by atoms with Crippen LogP contribution in [0.3, 0.4) is 0 Å². The van der Waals surface area contributed by atoms with Gasteiger partial charge in [-0.2, -0.15) is 9.97 Å². The third-order valence-electron chi connectivity index (χ3n) is 9.39. The van der Waals surface area contributed by atoms with E-state index in [2.05, 4.69) is 30.7 Å². The second kappa shape index (κ2) is 9.77. The lowest BCUT2D eigenvalue weighted by molar-refractivity contribution is -0.00518. The topological polar surface area (TPSA) is 91.3 Å². The number of aromatic nitrogens is 2. The number of fused-ring (bicyclic) bond motifs is 4. The minimum absolute atomic E-state index is 0.0645. The zero-order chi connectivity index (χ0) is 27.6. The van der Waals surface area contributed by atoms with Crippen LogP contribution in [0.15, 0.2) is 28.5 Å². The summed E-state index contributed by atoms with van der Waals surface area (Å²) in [6.45, 7) is 2.89. The molecule has 1 aliphatic carbocycles. The summed E-state index contributed by atoms with van der Waals surface area (Å²) in [6.07, 6.45) is 5.87. The zero-order valence-corrected chi connectivity index (χ0v) is 23.7. The Morgan fingerprint density at radius 3 is 2.83 bits per heavy atom. The molecule has 1 amide bonds. The largest absolute Gasteiger partial charge is 0.465 e. The van der Waals surface area contributed by atoms with Gasteiger partial charge in [-0.05, 0) is 85.1 Å². The van der Waals surface area contributed by atoms with E-state index in [1.807, 2.05) is 0 Å². The highest BCUT2D eigenvalue weighted by Crippen LogP contribution is 2.44. The van der Waals surface area contributed by atoms with Crippen LogP contribution in [0.4, 0.5) is 19.4 Å². The average Bonchev–Trinajstić information content (AvgIpc) is 3.52. The molecule has 4 aliphatic heterocycles. The maximum Gasteiger partial charge on any atom is 0.408 e. The molecule has 214 valence electrons. The lowest BCUT2D eigenvalue weighted by Crippen LogP contribution is -2.65. The molecule has 9 nitrogen and oxygen atoms in total. The fourth-order valence-corrected chi connectivity index (χ4v) is 7.67. The van der Waals surface area contributed by atoms with Crippen molar-refractivity contribution in [2.75, 3.05) is 44.3 Å². The van der Waals surface area contributed by atoms with Crippen molar-refractivity contribution in [1.29, 1.82) is 0 Å². The lowest BCUT2D eigenvalue weighted by atomic mass is 9.94. The van der Waals surface area contributed by atoms with E-state index in [-0.39, 0.29) is 40.3 Å². The summed E-state index contributed by atoms with van der Waals surface area (Å²) >= 11 is 3.28. The number of carboxylic acid groups (broad SMARTS) is 1. The fraction of sp³-hybridized carbons (Fsp3) is 0.607. The third kappa shape index (κ3) is 4.34. The Balaban J connectivity index is 1.23. The number of piperazine rings is 1. The van der Waals surface area contributed by atoms with Crippen LogP contribution in [0.1, 0.15) is 44.9 Å². The second-order valence-electron chi connectivity index (χ2n) is 12.0. The monoisotopic (exact) mass is 619 g/mol. The van der Waals surface area contributed by atoms with Crippen molar-refractivity contribution in [1.82, 2.24) is 19.8 Å². The molecule has 3 atom stereocenters. The summed E-state index contributed by atoms with van der Waals surface area (Å²) < 4.78 is 41.4. The van der Waals surface area contributed by atoms with Crippen molar-refractivity contribution < 1.29 is 28.2 Å². The van der Waals surface area contributed by atoms with E-state index in [4.69, 9.17) is 14.5 Å². The Hall–Kier alpha value is -2.57. The van der Waals surface area contributed by atoms with E-state index in [1.165, 1.54) is 0 Å². The normalized spacial score (nSPS) is 31.0. The third-order valence-corrected chi connectivity index (χ3v) is 10.00. The number of carbonyl (C=O) groups is 1. The second-order valence-corrected chi connectivity index (χ2v) is 12.9. The van der Waals surface area contributed by atoms with Gasteiger partial charge in [-0.25, -0.2) is 13.6 Å². The SMILES string of the molecule is O=C(O)N1[C@H]2CC[C@]1(COC1CC1)CN(c1nc(OCC34CCCN3C/C(=C\F)C4)nc3c(F)c(Br)ccc13)C2. The van der Waals surface area contributed by atoms with E-state index in [0.29, 0.717) is 56.6 Å².